The first-order valence-electron chi connectivity index (χ1n) is 10.4. The van der Waals surface area contributed by atoms with E-state index in [2.05, 4.69) is 22.5 Å². The number of rotatable bonds is 9. The summed E-state index contributed by atoms with van der Waals surface area (Å²) in [6, 6.07) is 12.1. The van der Waals surface area contributed by atoms with Crippen LogP contribution in [0.5, 0.6) is 11.5 Å². The number of nitrogens with one attached hydrogen (secondary N) is 2. The largest absolute Gasteiger partial charge is 0.457 e. The smallest absolute Gasteiger partial charge is 0.255 e. The van der Waals surface area contributed by atoms with E-state index >= 15 is 0 Å². The van der Waals surface area contributed by atoms with E-state index in [0.29, 0.717) is 40.9 Å². The zero-order valence-corrected chi connectivity index (χ0v) is 18.0. The number of likely N-dealkylation sites (tertiary alicyclic amines) is 1. The van der Waals surface area contributed by atoms with Gasteiger partial charge in [-0.05, 0) is 74.8 Å². The van der Waals surface area contributed by atoms with Crippen molar-refractivity contribution in [3.8, 4) is 11.5 Å². The van der Waals surface area contributed by atoms with Crippen LogP contribution in [0.3, 0.4) is 0 Å². The number of hydrogen-bond donors (Lipinski definition) is 2. The molecule has 2 amide bonds. The average molecular weight is 430 g/mol. The maximum Gasteiger partial charge on any atom is 0.255 e. The Kier molecular flexibility index (Phi) is 8.11. The molecule has 1 aliphatic rings. The zero-order valence-electron chi connectivity index (χ0n) is 17.2. The van der Waals surface area contributed by atoms with Gasteiger partial charge in [0, 0.05) is 17.3 Å². The maximum absolute atomic E-state index is 12.8. The van der Waals surface area contributed by atoms with Crippen LogP contribution in [0.2, 0.25) is 5.02 Å². The molecule has 1 saturated heterocycles. The van der Waals surface area contributed by atoms with Crippen LogP contribution in [0, 0.1) is 0 Å². The minimum absolute atomic E-state index is 0.0828. The molecule has 2 N–H and O–H groups in total. The lowest BCUT2D eigenvalue weighted by Gasteiger charge is -2.16. The Morgan fingerprint density at radius 2 is 1.83 bits per heavy atom. The molecule has 0 radical (unpaired) electrons. The Bertz CT molecular complexity index is 864. The highest BCUT2D eigenvalue weighted by Gasteiger charge is 2.18. The number of anilines is 1. The van der Waals surface area contributed by atoms with Crippen molar-refractivity contribution in [3.63, 3.8) is 0 Å². The molecule has 2 aromatic carbocycles. The predicted molar refractivity (Wildman–Crippen MR) is 120 cm³/mol. The van der Waals surface area contributed by atoms with Gasteiger partial charge in [-0.3, -0.25) is 14.5 Å². The molecule has 0 bridgehead atoms. The molecule has 0 saturated carbocycles. The monoisotopic (exact) mass is 429 g/mol. The average Bonchev–Trinajstić information content (AvgIpc) is 3.23. The quantitative estimate of drug-likeness (QED) is 0.567. The predicted octanol–water partition coefficient (Wildman–Crippen LogP) is 4.70. The van der Waals surface area contributed by atoms with Gasteiger partial charge in [0.05, 0.1) is 12.1 Å². The van der Waals surface area contributed by atoms with E-state index in [0.717, 1.165) is 38.8 Å². The van der Waals surface area contributed by atoms with Crippen LogP contribution in [0.15, 0.2) is 42.5 Å². The van der Waals surface area contributed by atoms with Crippen LogP contribution in [0.25, 0.3) is 0 Å². The van der Waals surface area contributed by atoms with Gasteiger partial charge >= 0.3 is 0 Å². The second kappa shape index (κ2) is 11.0. The summed E-state index contributed by atoms with van der Waals surface area (Å²) in [6.07, 6.45) is 4.14. The lowest BCUT2D eigenvalue weighted by atomic mass is 10.1. The zero-order chi connectivity index (χ0) is 21.3. The normalized spacial score (nSPS) is 13.8. The van der Waals surface area contributed by atoms with Gasteiger partial charge in [-0.2, -0.15) is 0 Å². The lowest BCUT2D eigenvalue weighted by molar-refractivity contribution is -0.117. The summed E-state index contributed by atoms with van der Waals surface area (Å²) in [5.41, 5.74) is 0.948. The summed E-state index contributed by atoms with van der Waals surface area (Å²) in [4.78, 5) is 27.3. The maximum atomic E-state index is 12.8. The summed E-state index contributed by atoms with van der Waals surface area (Å²) in [6.45, 7) is 4.92. The van der Waals surface area contributed by atoms with E-state index in [9.17, 15) is 9.59 Å². The number of nitrogens with zero attached hydrogens (tertiary/aromatic N) is 1. The molecule has 6 nitrogen and oxygen atoms in total. The van der Waals surface area contributed by atoms with Crippen LogP contribution in [-0.4, -0.2) is 42.9 Å². The van der Waals surface area contributed by atoms with Crippen molar-refractivity contribution in [1.29, 1.82) is 0 Å². The Hall–Kier alpha value is -2.57. The van der Waals surface area contributed by atoms with Crippen molar-refractivity contribution in [1.82, 2.24) is 10.2 Å². The van der Waals surface area contributed by atoms with Gasteiger partial charge in [-0.1, -0.05) is 24.9 Å². The fourth-order valence-corrected chi connectivity index (χ4v) is 3.45. The molecule has 0 aromatic heterocycles. The molecule has 1 heterocycles. The molecular formula is C23H28ClN3O3. The molecule has 0 spiro atoms. The lowest BCUT2D eigenvalue weighted by Crippen LogP contribution is -2.31. The van der Waals surface area contributed by atoms with E-state index in [4.69, 9.17) is 16.3 Å². The standard InChI is InChI=1S/C23H28ClN3O3/c1-2-3-12-25-23(29)20-15-18(26-22(28)16-27-13-4-5-14-27)8-11-21(20)30-19-9-6-17(24)7-10-19/h6-11,15H,2-5,12-14,16H2,1H3,(H,25,29)(H,26,28). The SMILES string of the molecule is CCCCNC(=O)c1cc(NC(=O)CN2CCCC2)ccc1Oc1ccc(Cl)cc1. The van der Waals surface area contributed by atoms with E-state index in [-0.39, 0.29) is 11.8 Å². The van der Waals surface area contributed by atoms with E-state index in [1.54, 1.807) is 42.5 Å². The second-order valence-electron chi connectivity index (χ2n) is 7.41. The van der Waals surface area contributed by atoms with Crippen molar-refractivity contribution < 1.29 is 14.3 Å². The van der Waals surface area contributed by atoms with Gasteiger partial charge in [0.15, 0.2) is 0 Å². The highest BCUT2D eigenvalue weighted by Crippen LogP contribution is 2.29. The minimum Gasteiger partial charge on any atom is -0.457 e. The molecular weight excluding hydrogens is 402 g/mol. The van der Waals surface area contributed by atoms with Crippen LogP contribution < -0.4 is 15.4 Å². The molecule has 0 atom stereocenters. The molecule has 3 rings (SSSR count). The van der Waals surface area contributed by atoms with Crippen molar-refractivity contribution in [2.75, 3.05) is 31.5 Å². The van der Waals surface area contributed by atoms with Gasteiger partial charge in [0.2, 0.25) is 5.91 Å². The molecule has 2 aromatic rings. The number of hydrogen-bond acceptors (Lipinski definition) is 4. The van der Waals surface area contributed by atoms with Crippen LogP contribution >= 0.6 is 11.6 Å². The molecule has 1 fully saturated rings. The number of amides is 2. The van der Waals surface area contributed by atoms with Gasteiger partial charge < -0.3 is 15.4 Å². The Morgan fingerprint density at radius 3 is 2.53 bits per heavy atom. The van der Waals surface area contributed by atoms with E-state index in [1.807, 2.05) is 0 Å². The van der Waals surface area contributed by atoms with Crippen LogP contribution in [0.4, 0.5) is 5.69 Å². The fourth-order valence-electron chi connectivity index (χ4n) is 3.32. The number of unbranched alkanes of at least 4 members (excludes halogenated alkanes) is 1. The van der Waals surface area contributed by atoms with E-state index in [1.165, 1.54) is 0 Å². The number of carbonyl (C=O) groups is 2. The second-order valence-corrected chi connectivity index (χ2v) is 7.84. The summed E-state index contributed by atoms with van der Waals surface area (Å²) in [5.74, 6) is 0.681. The third-order valence-electron chi connectivity index (χ3n) is 4.93. The topological polar surface area (TPSA) is 70.7 Å². The molecule has 30 heavy (non-hydrogen) atoms. The van der Waals surface area contributed by atoms with Crippen LogP contribution in [0.1, 0.15) is 43.0 Å². The molecule has 1 aliphatic heterocycles. The summed E-state index contributed by atoms with van der Waals surface area (Å²) in [5, 5.41) is 6.42. The number of ether oxygens (including phenoxy) is 1. The Balaban J connectivity index is 1.75. The Labute approximate surface area is 182 Å². The highest BCUT2D eigenvalue weighted by molar-refractivity contribution is 6.30. The summed E-state index contributed by atoms with van der Waals surface area (Å²) in [7, 11) is 0. The first-order chi connectivity index (χ1) is 14.5. The minimum atomic E-state index is -0.233. The molecule has 7 heteroatoms. The van der Waals surface area contributed by atoms with Gasteiger partial charge in [-0.15, -0.1) is 0 Å². The number of halogens is 1. The van der Waals surface area contributed by atoms with Crippen LogP contribution in [-0.2, 0) is 4.79 Å². The number of benzene rings is 2. The van der Waals surface area contributed by atoms with Crippen molar-refractivity contribution in [3.05, 3.63) is 53.1 Å². The van der Waals surface area contributed by atoms with Crippen molar-refractivity contribution >= 4 is 29.1 Å². The molecule has 160 valence electrons. The highest BCUT2D eigenvalue weighted by atomic mass is 35.5. The first kappa shape index (κ1) is 22.1. The van der Waals surface area contributed by atoms with Gasteiger partial charge in [0.25, 0.3) is 5.91 Å². The molecule has 0 aliphatic carbocycles. The molecule has 0 unspecified atom stereocenters. The van der Waals surface area contributed by atoms with Crippen molar-refractivity contribution in [2.45, 2.75) is 32.6 Å². The summed E-state index contributed by atoms with van der Waals surface area (Å²) < 4.78 is 5.92. The first-order valence-corrected chi connectivity index (χ1v) is 10.8. The third kappa shape index (κ3) is 6.47. The number of carbonyl (C=O) groups excluding carboxylic acids is 2. The third-order valence-corrected chi connectivity index (χ3v) is 5.18. The van der Waals surface area contributed by atoms with Crippen molar-refractivity contribution in [2.24, 2.45) is 0 Å². The van der Waals surface area contributed by atoms with Gasteiger partial charge in [0.1, 0.15) is 11.5 Å². The Morgan fingerprint density at radius 1 is 1.10 bits per heavy atom. The van der Waals surface area contributed by atoms with Gasteiger partial charge in [-0.25, -0.2) is 0 Å². The summed E-state index contributed by atoms with van der Waals surface area (Å²) >= 11 is 5.93. The fraction of sp³-hybridized carbons (Fsp3) is 0.391. The van der Waals surface area contributed by atoms with E-state index < -0.39 is 0 Å².